The van der Waals surface area contributed by atoms with Crippen LogP contribution >= 0.6 is 11.6 Å². The number of aromatic nitrogens is 2. The Morgan fingerprint density at radius 1 is 1.00 bits per heavy atom. The second-order valence-electron chi connectivity index (χ2n) is 7.84. The Bertz CT molecular complexity index is 1640. The number of anilines is 2. The number of benzene rings is 3. The normalized spacial score (nSPS) is 11.4. The fraction of sp³-hybridized carbons (Fsp3) is 0.125. The molecular weight excluding hydrogens is 492 g/mol. The van der Waals surface area contributed by atoms with Crippen molar-refractivity contribution < 1.29 is 13.2 Å². The standard InChI is InChI=1S/C24H21ClN4O5S/c1-15-6-11-19(25)21(14-15)35(33,34)28-17-9-7-16(8-10-17)26-22(30)12-13-29-20-5-3-2-4-18(20)23(31)27-24(29)32/h2-11,14,28H,12-13H2,1H3,(H,26,30)(H,27,31,32). The Morgan fingerprint density at radius 3 is 2.43 bits per heavy atom. The smallest absolute Gasteiger partial charge is 0.326 e. The Labute approximate surface area is 205 Å². The first kappa shape index (κ1) is 24.2. The molecule has 0 radical (unpaired) electrons. The average molecular weight is 513 g/mol. The second kappa shape index (κ2) is 9.77. The molecule has 1 amide bonds. The zero-order valence-electron chi connectivity index (χ0n) is 18.5. The Kier molecular flexibility index (Phi) is 6.77. The third-order valence-electron chi connectivity index (χ3n) is 5.26. The molecule has 4 aromatic rings. The number of halogens is 1. The number of fused-ring (bicyclic) bond motifs is 1. The maximum Gasteiger partial charge on any atom is 0.328 e. The molecule has 3 aromatic carbocycles. The van der Waals surface area contributed by atoms with Gasteiger partial charge in [-0.1, -0.05) is 29.8 Å². The lowest BCUT2D eigenvalue weighted by Gasteiger charge is -2.12. The highest BCUT2D eigenvalue weighted by molar-refractivity contribution is 7.92. The Balaban J connectivity index is 1.42. The van der Waals surface area contributed by atoms with Crippen LogP contribution in [0.2, 0.25) is 5.02 Å². The van der Waals surface area contributed by atoms with Gasteiger partial charge in [0, 0.05) is 24.3 Å². The SMILES string of the molecule is Cc1ccc(Cl)c(S(=O)(=O)Nc2ccc(NC(=O)CCn3c(=O)[nH]c(=O)c4ccccc43)cc2)c1. The number of aromatic amines is 1. The summed E-state index contributed by atoms with van der Waals surface area (Å²) in [5.41, 5.74) is 0.875. The lowest BCUT2D eigenvalue weighted by Crippen LogP contribution is -2.31. The van der Waals surface area contributed by atoms with Crippen LogP contribution in [-0.2, 0) is 21.4 Å². The van der Waals surface area contributed by atoms with Gasteiger partial charge in [-0.25, -0.2) is 13.2 Å². The minimum absolute atomic E-state index is 0.0177. The van der Waals surface area contributed by atoms with Gasteiger partial charge in [0.15, 0.2) is 0 Å². The van der Waals surface area contributed by atoms with Crippen LogP contribution in [0.25, 0.3) is 10.9 Å². The Hall–Kier alpha value is -3.89. The first-order chi connectivity index (χ1) is 16.6. The Morgan fingerprint density at radius 2 is 1.69 bits per heavy atom. The molecule has 0 aliphatic carbocycles. The number of carbonyl (C=O) groups excluding carboxylic acids is 1. The van der Waals surface area contributed by atoms with Crippen LogP contribution in [0.5, 0.6) is 0 Å². The van der Waals surface area contributed by atoms with E-state index in [1.165, 1.54) is 28.8 Å². The summed E-state index contributed by atoms with van der Waals surface area (Å²) < 4.78 is 29.2. The number of H-pyrrole nitrogens is 1. The molecule has 0 saturated heterocycles. The van der Waals surface area contributed by atoms with E-state index in [1.807, 2.05) is 0 Å². The second-order valence-corrected chi connectivity index (χ2v) is 9.90. The van der Waals surface area contributed by atoms with Gasteiger partial charge in [0.2, 0.25) is 5.91 Å². The van der Waals surface area contributed by atoms with Gasteiger partial charge in [-0.3, -0.25) is 23.9 Å². The molecule has 180 valence electrons. The first-order valence-corrected chi connectivity index (χ1v) is 12.4. The summed E-state index contributed by atoms with van der Waals surface area (Å²) in [6.07, 6.45) is -0.0177. The van der Waals surface area contributed by atoms with Gasteiger partial charge < -0.3 is 5.32 Å². The number of hydrogen-bond donors (Lipinski definition) is 3. The number of amides is 1. The van der Waals surface area contributed by atoms with Crippen molar-refractivity contribution in [2.45, 2.75) is 24.8 Å². The van der Waals surface area contributed by atoms with Crippen LogP contribution < -0.4 is 21.3 Å². The van der Waals surface area contributed by atoms with E-state index in [-0.39, 0.29) is 28.8 Å². The molecule has 35 heavy (non-hydrogen) atoms. The van der Waals surface area contributed by atoms with Crippen molar-refractivity contribution in [1.82, 2.24) is 9.55 Å². The minimum atomic E-state index is -3.89. The van der Waals surface area contributed by atoms with Crippen molar-refractivity contribution in [3.05, 3.63) is 98.2 Å². The predicted octanol–water partition coefficient (Wildman–Crippen LogP) is 3.48. The maximum absolute atomic E-state index is 12.7. The highest BCUT2D eigenvalue weighted by atomic mass is 35.5. The lowest BCUT2D eigenvalue weighted by atomic mass is 10.2. The van der Waals surface area contributed by atoms with Gasteiger partial charge in [0.05, 0.1) is 15.9 Å². The topological polar surface area (TPSA) is 130 Å². The molecule has 3 N–H and O–H groups in total. The van der Waals surface area contributed by atoms with Crippen LogP contribution in [0.3, 0.4) is 0 Å². The molecule has 1 aromatic heterocycles. The van der Waals surface area contributed by atoms with Gasteiger partial charge in [-0.15, -0.1) is 0 Å². The number of carbonyl (C=O) groups is 1. The van der Waals surface area contributed by atoms with Gasteiger partial charge in [0.25, 0.3) is 15.6 Å². The number of para-hydroxylation sites is 1. The molecule has 0 bridgehead atoms. The fourth-order valence-electron chi connectivity index (χ4n) is 3.55. The van der Waals surface area contributed by atoms with Crippen LogP contribution in [0, 0.1) is 6.92 Å². The van der Waals surface area contributed by atoms with Crippen molar-refractivity contribution in [3.63, 3.8) is 0 Å². The molecular formula is C24H21ClN4O5S. The number of aryl methyl sites for hydroxylation is 2. The molecule has 0 atom stereocenters. The number of hydrogen-bond acceptors (Lipinski definition) is 5. The van der Waals surface area contributed by atoms with Gasteiger partial charge in [-0.2, -0.15) is 0 Å². The summed E-state index contributed by atoms with van der Waals surface area (Å²) in [5, 5.41) is 3.18. The van der Waals surface area contributed by atoms with Crippen molar-refractivity contribution in [2.75, 3.05) is 10.0 Å². The van der Waals surface area contributed by atoms with Crippen LogP contribution in [-0.4, -0.2) is 23.9 Å². The molecule has 11 heteroatoms. The zero-order chi connectivity index (χ0) is 25.2. The number of sulfonamides is 1. The minimum Gasteiger partial charge on any atom is -0.326 e. The summed E-state index contributed by atoms with van der Waals surface area (Å²) >= 11 is 6.05. The van der Waals surface area contributed by atoms with E-state index in [9.17, 15) is 22.8 Å². The lowest BCUT2D eigenvalue weighted by molar-refractivity contribution is -0.116. The average Bonchev–Trinajstić information content (AvgIpc) is 2.81. The molecule has 0 aliphatic rings. The molecule has 0 unspecified atom stereocenters. The van der Waals surface area contributed by atoms with Gasteiger partial charge >= 0.3 is 5.69 Å². The van der Waals surface area contributed by atoms with Crippen LogP contribution in [0.1, 0.15) is 12.0 Å². The predicted molar refractivity (Wildman–Crippen MR) is 136 cm³/mol. The van der Waals surface area contributed by atoms with E-state index in [0.717, 1.165) is 5.56 Å². The summed E-state index contributed by atoms with van der Waals surface area (Å²) in [7, 11) is -3.89. The number of rotatable bonds is 7. The highest BCUT2D eigenvalue weighted by Crippen LogP contribution is 2.25. The molecule has 0 aliphatic heterocycles. The van der Waals surface area contributed by atoms with E-state index < -0.39 is 21.3 Å². The van der Waals surface area contributed by atoms with E-state index >= 15 is 0 Å². The first-order valence-electron chi connectivity index (χ1n) is 10.5. The number of nitrogens with zero attached hydrogens (tertiary/aromatic N) is 1. The van der Waals surface area contributed by atoms with Crippen LogP contribution in [0.15, 0.2) is 81.2 Å². The van der Waals surface area contributed by atoms with Crippen molar-refractivity contribution in [3.8, 4) is 0 Å². The maximum atomic E-state index is 12.7. The zero-order valence-corrected chi connectivity index (χ0v) is 20.1. The molecule has 0 fully saturated rings. The largest absolute Gasteiger partial charge is 0.328 e. The molecule has 0 saturated carbocycles. The summed E-state index contributed by atoms with van der Waals surface area (Å²) in [4.78, 5) is 38.9. The van der Waals surface area contributed by atoms with E-state index in [4.69, 9.17) is 11.6 Å². The summed E-state index contributed by atoms with van der Waals surface area (Å²) in [5.74, 6) is -0.355. The van der Waals surface area contributed by atoms with E-state index in [0.29, 0.717) is 22.3 Å². The summed E-state index contributed by atoms with van der Waals surface area (Å²) in [6.45, 7) is 1.83. The third-order valence-corrected chi connectivity index (χ3v) is 7.13. The van der Waals surface area contributed by atoms with E-state index in [2.05, 4.69) is 15.0 Å². The molecule has 1 heterocycles. The highest BCUT2D eigenvalue weighted by Gasteiger charge is 2.18. The monoisotopic (exact) mass is 512 g/mol. The van der Waals surface area contributed by atoms with Crippen LogP contribution in [0.4, 0.5) is 11.4 Å². The van der Waals surface area contributed by atoms with Crippen molar-refractivity contribution in [1.29, 1.82) is 0 Å². The number of nitrogens with one attached hydrogen (secondary N) is 3. The molecule has 0 spiro atoms. The molecule has 4 rings (SSSR count). The van der Waals surface area contributed by atoms with Crippen molar-refractivity contribution in [2.24, 2.45) is 0 Å². The quantitative estimate of drug-likeness (QED) is 0.349. The third kappa shape index (κ3) is 5.44. The van der Waals surface area contributed by atoms with Crippen molar-refractivity contribution >= 4 is 49.8 Å². The van der Waals surface area contributed by atoms with Gasteiger partial charge in [0.1, 0.15) is 4.90 Å². The van der Waals surface area contributed by atoms with E-state index in [1.54, 1.807) is 49.4 Å². The summed E-state index contributed by atoms with van der Waals surface area (Å²) in [6, 6.07) is 17.5. The molecule has 9 nitrogen and oxygen atoms in total. The fourth-order valence-corrected chi connectivity index (χ4v) is 5.19. The van der Waals surface area contributed by atoms with Gasteiger partial charge in [-0.05, 0) is 61.0 Å².